The number of nitrogens with zero attached hydrogens (tertiary/aromatic N) is 3. The van der Waals surface area contributed by atoms with Gasteiger partial charge in [0.1, 0.15) is 11.5 Å². The molecule has 0 saturated heterocycles. The molecule has 0 aliphatic carbocycles. The third-order valence-electron chi connectivity index (χ3n) is 5.22. The molecule has 6 nitrogen and oxygen atoms in total. The third kappa shape index (κ3) is 5.91. The van der Waals surface area contributed by atoms with Gasteiger partial charge in [0.15, 0.2) is 0 Å². The average molecular weight is 463 g/mol. The molecule has 31 heavy (non-hydrogen) atoms. The first-order valence-electron chi connectivity index (χ1n) is 10.4. The minimum absolute atomic E-state index is 0.171. The monoisotopic (exact) mass is 462 g/mol. The second-order valence-electron chi connectivity index (χ2n) is 7.55. The Kier molecular flexibility index (Phi) is 8.18. The van der Waals surface area contributed by atoms with Gasteiger partial charge in [0, 0.05) is 25.0 Å². The largest absolute Gasteiger partial charge is 0.497 e. The Morgan fingerprint density at radius 1 is 1.23 bits per heavy atom. The topological polar surface area (TPSA) is 57.2 Å². The number of carbonyl (C=O) groups is 1. The van der Waals surface area contributed by atoms with Crippen LogP contribution in [0.3, 0.4) is 0 Å². The zero-order chi connectivity index (χ0) is 22.4. The summed E-state index contributed by atoms with van der Waals surface area (Å²) in [6, 6.07) is 12.9. The summed E-state index contributed by atoms with van der Waals surface area (Å²) in [5.74, 6) is 0.565. The molecule has 1 aliphatic heterocycles. The Morgan fingerprint density at radius 3 is 2.61 bits per heavy atom. The Balaban J connectivity index is 1.84. The number of hydrogen-bond donors (Lipinski definition) is 1. The maximum Gasteiger partial charge on any atom is 0.281 e. The molecule has 1 heterocycles. The zero-order valence-electron chi connectivity index (χ0n) is 18.1. The van der Waals surface area contributed by atoms with Crippen LogP contribution in [0.2, 0.25) is 10.0 Å². The normalized spacial score (nSPS) is 15.9. The first-order chi connectivity index (χ1) is 14.9. The zero-order valence-corrected chi connectivity index (χ0v) is 19.6. The Hall–Kier alpha value is -2.28. The highest BCUT2D eigenvalue weighted by atomic mass is 35.5. The number of hydrazone groups is 1. The summed E-state index contributed by atoms with van der Waals surface area (Å²) in [5, 5.41) is 9.30. The summed E-state index contributed by atoms with van der Waals surface area (Å²) in [6.45, 7) is 2.95. The molecule has 2 aromatic carbocycles. The van der Waals surface area contributed by atoms with Crippen LogP contribution in [0.25, 0.3) is 0 Å². The van der Waals surface area contributed by atoms with Crippen molar-refractivity contribution in [2.24, 2.45) is 5.10 Å². The molecule has 166 valence electrons. The van der Waals surface area contributed by atoms with Crippen molar-refractivity contribution < 1.29 is 9.53 Å². The molecule has 0 bridgehead atoms. The van der Waals surface area contributed by atoms with E-state index in [1.165, 1.54) is 0 Å². The molecular formula is C23H28Cl2N4O2. The van der Waals surface area contributed by atoms with Gasteiger partial charge in [0.25, 0.3) is 5.91 Å². The molecule has 3 rings (SSSR count). The van der Waals surface area contributed by atoms with E-state index in [9.17, 15) is 4.79 Å². The molecule has 0 saturated carbocycles. The SMILES string of the molecule is CCCCCN(C)NC(=O)C1=NN(c2ccc(Cl)cc2Cl)C(c2ccc(OC)cc2)C1. The average Bonchev–Trinajstić information content (AvgIpc) is 3.19. The summed E-state index contributed by atoms with van der Waals surface area (Å²) in [4.78, 5) is 12.9. The minimum Gasteiger partial charge on any atom is -0.497 e. The van der Waals surface area contributed by atoms with Crippen LogP contribution in [0.5, 0.6) is 5.75 Å². The van der Waals surface area contributed by atoms with E-state index in [-0.39, 0.29) is 11.9 Å². The minimum atomic E-state index is -0.204. The van der Waals surface area contributed by atoms with Gasteiger partial charge in [0.2, 0.25) is 0 Å². The maximum absolute atomic E-state index is 12.9. The summed E-state index contributed by atoms with van der Waals surface area (Å²) in [6.07, 6.45) is 3.75. The van der Waals surface area contributed by atoms with E-state index in [2.05, 4.69) is 17.5 Å². The summed E-state index contributed by atoms with van der Waals surface area (Å²) in [7, 11) is 3.50. The number of methoxy groups -OCH3 is 1. The second-order valence-corrected chi connectivity index (χ2v) is 8.39. The highest BCUT2D eigenvalue weighted by Gasteiger charge is 2.33. The van der Waals surface area contributed by atoms with Crippen LogP contribution in [-0.4, -0.2) is 37.3 Å². The lowest BCUT2D eigenvalue weighted by atomic mass is 10.0. The lowest BCUT2D eigenvalue weighted by molar-refractivity contribution is -0.118. The third-order valence-corrected chi connectivity index (χ3v) is 5.76. The number of nitrogens with one attached hydrogen (secondary N) is 1. The van der Waals surface area contributed by atoms with Crippen LogP contribution >= 0.6 is 23.2 Å². The number of benzene rings is 2. The smallest absolute Gasteiger partial charge is 0.281 e. The van der Waals surface area contributed by atoms with E-state index in [0.717, 1.165) is 37.1 Å². The van der Waals surface area contributed by atoms with Crippen LogP contribution in [0, 0.1) is 0 Å². The van der Waals surface area contributed by atoms with Gasteiger partial charge in [-0.1, -0.05) is 55.1 Å². The standard InChI is InChI=1S/C23H28Cl2N4O2/c1-4-5-6-13-28(2)27-23(30)20-15-22(16-7-10-18(31-3)11-8-16)29(26-20)21-12-9-17(24)14-19(21)25/h7-12,14,22H,4-6,13,15H2,1-3H3,(H,27,30). The fourth-order valence-corrected chi connectivity index (χ4v) is 4.01. The first kappa shape index (κ1) is 23.4. The number of ether oxygens (including phenoxy) is 1. The predicted octanol–water partition coefficient (Wildman–Crippen LogP) is 5.46. The van der Waals surface area contributed by atoms with E-state index < -0.39 is 0 Å². The number of halogens is 2. The van der Waals surface area contributed by atoms with Gasteiger partial charge in [-0.3, -0.25) is 15.2 Å². The molecule has 8 heteroatoms. The van der Waals surface area contributed by atoms with Gasteiger partial charge < -0.3 is 4.74 Å². The molecule has 1 aliphatic rings. The lowest BCUT2D eigenvalue weighted by Crippen LogP contribution is -2.43. The van der Waals surface area contributed by atoms with Crippen LogP contribution < -0.4 is 15.2 Å². The number of carbonyl (C=O) groups excluding carboxylic acids is 1. The number of anilines is 1. The van der Waals surface area contributed by atoms with Gasteiger partial charge in [-0.15, -0.1) is 0 Å². The Morgan fingerprint density at radius 2 is 1.97 bits per heavy atom. The Bertz CT molecular complexity index is 934. The molecule has 0 fully saturated rings. The predicted molar refractivity (Wildman–Crippen MR) is 127 cm³/mol. The van der Waals surface area contributed by atoms with E-state index in [1.807, 2.05) is 42.4 Å². The van der Waals surface area contributed by atoms with E-state index in [0.29, 0.717) is 27.9 Å². The quantitative estimate of drug-likeness (QED) is 0.396. The van der Waals surface area contributed by atoms with E-state index in [1.54, 1.807) is 24.3 Å². The molecular weight excluding hydrogens is 435 g/mol. The van der Waals surface area contributed by atoms with Crippen LogP contribution in [0.1, 0.15) is 44.2 Å². The highest BCUT2D eigenvalue weighted by molar-refractivity contribution is 6.40. The molecule has 0 aromatic heterocycles. The van der Waals surface area contributed by atoms with Crippen molar-refractivity contribution in [3.8, 4) is 5.75 Å². The first-order valence-corrected chi connectivity index (χ1v) is 11.2. The molecule has 1 N–H and O–H groups in total. The fourth-order valence-electron chi connectivity index (χ4n) is 3.51. The van der Waals surface area contributed by atoms with Gasteiger partial charge in [-0.25, -0.2) is 5.01 Å². The second kappa shape index (κ2) is 10.8. The van der Waals surface area contributed by atoms with E-state index in [4.69, 9.17) is 27.9 Å². The van der Waals surface area contributed by atoms with Gasteiger partial charge in [-0.05, 0) is 42.3 Å². The molecule has 1 amide bonds. The fraction of sp³-hybridized carbons (Fsp3) is 0.391. The highest BCUT2D eigenvalue weighted by Crippen LogP contribution is 2.40. The maximum atomic E-state index is 12.9. The van der Waals surface area contributed by atoms with E-state index >= 15 is 0 Å². The van der Waals surface area contributed by atoms with Crippen molar-refractivity contribution in [2.45, 2.75) is 38.6 Å². The number of hydrazine groups is 1. The van der Waals surface area contributed by atoms with Crippen molar-refractivity contribution in [2.75, 3.05) is 25.7 Å². The number of unbranched alkanes of at least 4 members (excludes halogenated alkanes) is 2. The molecule has 2 aromatic rings. The van der Waals surface area contributed by atoms with Crippen molar-refractivity contribution in [1.82, 2.24) is 10.4 Å². The van der Waals surface area contributed by atoms with Crippen LogP contribution in [0.4, 0.5) is 5.69 Å². The number of hydrogen-bond acceptors (Lipinski definition) is 5. The summed E-state index contributed by atoms with van der Waals surface area (Å²) < 4.78 is 5.27. The molecule has 1 unspecified atom stereocenters. The van der Waals surface area contributed by atoms with Crippen molar-refractivity contribution >= 4 is 40.5 Å². The van der Waals surface area contributed by atoms with Gasteiger partial charge >= 0.3 is 0 Å². The number of amides is 1. The number of rotatable bonds is 9. The van der Waals surface area contributed by atoms with Crippen molar-refractivity contribution in [3.05, 3.63) is 58.1 Å². The summed E-state index contributed by atoms with van der Waals surface area (Å²) in [5.41, 5.74) is 5.09. The molecule has 0 spiro atoms. The van der Waals surface area contributed by atoms with Crippen molar-refractivity contribution in [1.29, 1.82) is 0 Å². The molecule has 1 atom stereocenters. The van der Waals surface area contributed by atoms with Crippen LogP contribution in [0.15, 0.2) is 47.6 Å². The van der Waals surface area contributed by atoms with Gasteiger partial charge in [-0.2, -0.15) is 5.10 Å². The van der Waals surface area contributed by atoms with Crippen LogP contribution in [-0.2, 0) is 4.79 Å². The lowest BCUT2D eigenvalue weighted by Gasteiger charge is -2.25. The molecule has 0 radical (unpaired) electrons. The summed E-state index contributed by atoms with van der Waals surface area (Å²) >= 11 is 12.5. The van der Waals surface area contributed by atoms with Gasteiger partial charge in [0.05, 0.1) is 23.9 Å². The van der Waals surface area contributed by atoms with Crippen molar-refractivity contribution in [3.63, 3.8) is 0 Å². The Labute approximate surface area is 193 Å².